The molecule has 0 aromatic carbocycles. The van der Waals surface area contributed by atoms with Crippen LogP contribution in [0.3, 0.4) is 0 Å². The number of hydrogen-bond acceptors (Lipinski definition) is 2. The van der Waals surface area contributed by atoms with Crippen molar-refractivity contribution in [3.05, 3.63) is 28.2 Å². The Hall–Kier alpha value is -0.0800. The fourth-order valence-corrected chi connectivity index (χ4v) is 0.436. The molecule has 2 heteroatoms. The van der Waals surface area contributed by atoms with Crippen LogP contribution in [-0.2, 0) is 0 Å². The molecule has 48 valence electrons. The molecular formula is C7H10N2. The van der Waals surface area contributed by atoms with Gasteiger partial charge in [-0.2, -0.15) is 0 Å². The SMILES string of the molecule is [CH]N([CH])CCCN([CH])[CH]. The van der Waals surface area contributed by atoms with Gasteiger partial charge in [0.25, 0.3) is 0 Å². The Labute approximate surface area is 58.4 Å². The largest absolute Gasteiger partial charge is 0.291 e. The molecule has 0 aliphatic heterocycles. The summed E-state index contributed by atoms with van der Waals surface area (Å²) in [5.74, 6) is 0. The predicted octanol–water partition coefficient (Wildman–Crippen LogP) is 0.655. The monoisotopic (exact) mass is 122 g/mol. The van der Waals surface area contributed by atoms with Crippen LogP contribution in [0.2, 0.25) is 0 Å². The van der Waals surface area contributed by atoms with Crippen molar-refractivity contribution in [3.8, 4) is 0 Å². The minimum atomic E-state index is 0.588. The Kier molecular flexibility index (Phi) is 4.72. The third-order valence-electron chi connectivity index (χ3n) is 0.833. The molecule has 0 spiro atoms. The average molecular weight is 122 g/mol. The van der Waals surface area contributed by atoms with Gasteiger partial charge in [0.1, 0.15) is 0 Å². The van der Waals surface area contributed by atoms with E-state index in [1.807, 2.05) is 0 Å². The van der Waals surface area contributed by atoms with Crippen LogP contribution in [-0.4, -0.2) is 22.9 Å². The molecule has 0 bridgehead atoms. The summed E-state index contributed by atoms with van der Waals surface area (Å²) in [5.41, 5.74) is 0. The summed E-state index contributed by atoms with van der Waals surface area (Å²) < 4.78 is 0. The maximum absolute atomic E-state index is 5.09. The summed E-state index contributed by atoms with van der Waals surface area (Å²) in [5, 5.41) is 0. The van der Waals surface area contributed by atoms with E-state index in [0.29, 0.717) is 13.1 Å². The summed E-state index contributed by atoms with van der Waals surface area (Å²) in [6, 6.07) is 0. The summed E-state index contributed by atoms with van der Waals surface area (Å²) in [7, 11) is 20.4. The molecular weight excluding hydrogens is 112 g/mol. The van der Waals surface area contributed by atoms with Crippen molar-refractivity contribution >= 4 is 0 Å². The van der Waals surface area contributed by atoms with Crippen molar-refractivity contribution in [3.63, 3.8) is 0 Å². The first-order valence-electron chi connectivity index (χ1n) is 2.67. The lowest BCUT2D eigenvalue weighted by atomic mass is 10.4. The molecule has 9 heavy (non-hydrogen) atoms. The second-order valence-electron chi connectivity index (χ2n) is 1.83. The van der Waals surface area contributed by atoms with Gasteiger partial charge in [-0.05, 0) is 6.42 Å². The van der Waals surface area contributed by atoms with Crippen molar-refractivity contribution < 1.29 is 0 Å². The van der Waals surface area contributed by atoms with Crippen molar-refractivity contribution in [2.45, 2.75) is 6.42 Å². The number of rotatable bonds is 4. The molecule has 0 aliphatic rings. The summed E-state index contributed by atoms with van der Waals surface area (Å²) in [6.45, 7) is 1.18. The van der Waals surface area contributed by atoms with Crippen molar-refractivity contribution in [2.24, 2.45) is 0 Å². The minimum absolute atomic E-state index is 0.588. The Morgan fingerprint density at radius 1 is 0.778 bits per heavy atom. The molecule has 0 amide bonds. The highest BCUT2D eigenvalue weighted by molar-refractivity contribution is 4.56. The highest BCUT2D eigenvalue weighted by atomic mass is 15.1. The highest BCUT2D eigenvalue weighted by Gasteiger charge is 1.92. The van der Waals surface area contributed by atoms with Crippen LogP contribution < -0.4 is 0 Å². The zero-order chi connectivity index (χ0) is 7.28. The molecule has 0 aliphatic carbocycles. The first-order valence-corrected chi connectivity index (χ1v) is 2.67. The first-order chi connectivity index (χ1) is 4.13. The zero-order valence-corrected chi connectivity index (χ0v) is 5.33. The van der Waals surface area contributed by atoms with E-state index >= 15 is 0 Å². The normalized spacial score (nSPS) is 11.3. The highest BCUT2D eigenvalue weighted by Crippen LogP contribution is 1.88. The van der Waals surface area contributed by atoms with Gasteiger partial charge in [0, 0.05) is 41.3 Å². The Balaban J connectivity index is 2.91. The lowest BCUT2D eigenvalue weighted by Crippen LogP contribution is -2.15. The zero-order valence-electron chi connectivity index (χ0n) is 5.33. The maximum atomic E-state index is 5.09. The van der Waals surface area contributed by atoms with Crippen molar-refractivity contribution in [1.82, 2.24) is 9.80 Å². The second kappa shape index (κ2) is 4.77. The van der Waals surface area contributed by atoms with Gasteiger partial charge < -0.3 is 0 Å². The van der Waals surface area contributed by atoms with Gasteiger partial charge in [0.2, 0.25) is 0 Å². The molecule has 0 saturated carbocycles. The summed E-state index contributed by atoms with van der Waals surface area (Å²) in [6.07, 6.45) is 0.764. The molecule has 0 rings (SSSR count). The smallest absolute Gasteiger partial charge is 0.0443 e. The Morgan fingerprint density at radius 3 is 1.33 bits per heavy atom. The van der Waals surface area contributed by atoms with Crippen molar-refractivity contribution in [2.75, 3.05) is 13.1 Å². The van der Waals surface area contributed by atoms with Gasteiger partial charge in [-0.1, -0.05) is 0 Å². The van der Waals surface area contributed by atoms with Crippen molar-refractivity contribution in [1.29, 1.82) is 0 Å². The molecule has 0 N–H and O–H groups in total. The van der Waals surface area contributed by atoms with E-state index in [1.54, 1.807) is 0 Å². The van der Waals surface area contributed by atoms with Crippen LogP contribution in [0.25, 0.3) is 0 Å². The molecule has 0 unspecified atom stereocenters. The number of nitrogens with zero attached hydrogens (tertiary/aromatic N) is 2. The molecule has 2 nitrogen and oxygen atoms in total. The van der Waals surface area contributed by atoms with E-state index in [1.165, 1.54) is 0 Å². The third-order valence-corrected chi connectivity index (χ3v) is 0.833. The van der Waals surface area contributed by atoms with Crippen LogP contribution in [0.15, 0.2) is 0 Å². The van der Waals surface area contributed by atoms with Crippen LogP contribution in [0.5, 0.6) is 0 Å². The van der Waals surface area contributed by atoms with Crippen LogP contribution in [0.4, 0.5) is 0 Å². The second-order valence-corrected chi connectivity index (χ2v) is 1.83. The predicted molar refractivity (Wildman–Crippen MR) is 35.2 cm³/mol. The fraction of sp³-hybridized carbons (Fsp3) is 0.429. The molecule has 0 aromatic rings. The van der Waals surface area contributed by atoms with E-state index < -0.39 is 0 Å². The summed E-state index contributed by atoms with van der Waals surface area (Å²) >= 11 is 0. The molecule has 0 fully saturated rings. The van der Waals surface area contributed by atoms with Crippen LogP contribution in [0.1, 0.15) is 6.42 Å². The lowest BCUT2D eigenvalue weighted by molar-refractivity contribution is 0.412. The van der Waals surface area contributed by atoms with Gasteiger partial charge in [-0.25, -0.2) is 0 Å². The van der Waals surface area contributed by atoms with E-state index in [9.17, 15) is 0 Å². The number of hydrogen-bond donors (Lipinski definition) is 0. The van der Waals surface area contributed by atoms with E-state index in [-0.39, 0.29) is 0 Å². The maximum Gasteiger partial charge on any atom is 0.0443 e. The van der Waals surface area contributed by atoms with Crippen LogP contribution >= 0.6 is 0 Å². The average Bonchev–Trinajstić information content (AvgIpc) is 1.63. The molecule has 0 heterocycles. The Bertz CT molecular complexity index is 51.9. The van der Waals surface area contributed by atoms with Gasteiger partial charge in [0.05, 0.1) is 0 Å². The lowest BCUT2D eigenvalue weighted by Gasteiger charge is -2.10. The van der Waals surface area contributed by atoms with Gasteiger partial charge in [-0.3, -0.25) is 9.80 Å². The first kappa shape index (κ1) is 8.92. The van der Waals surface area contributed by atoms with E-state index in [4.69, 9.17) is 28.2 Å². The molecule has 0 aromatic heterocycles. The summed E-state index contributed by atoms with van der Waals surface area (Å²) in [4.78, 5) is 2.20. The molecule has 0 atom stereocenters. The molecule has 0 saturated heterocycles. The van der Waals surface area contributed by atoms with E-state index in [2.05, 4.69) is 0 Å². The fourth-order valence-electron chi connectivity index (χ4n) is 0.436. The van der Waals surface area contributed by atoms with E-state index in [0.717, 1.165) is 16.2 Å². The van der Waals surface area contributed by atoms with Gasteiger partial charge in [-0.15, -0.1) is 0 Å². The third kappa shape index (κ3) is 7.92. The van der Waals surface area contributed by atoms with Gasteiger partial charge in [0.15, 0.2) is 0 Å². The minimum Gasteiger partial charge on any atom is -0.291 e. The Morgan fingerprint density at radius 2 is 1.11 bits per heavy atom. The molecule has 8 radical (unpaired) electrons. The quantitative estimate of drug-likeness (QED) is 0.505. The standard InChI is InChI=1S/C7H10N2/c1-8(2)6-5-7-9(3)4/h1-4H,5-7H2. The van der Waals surface area contributed by atoms with Gasteiger partial charge >= 0.3 is 0 Å². The van der Waals surface area contributed by atoms with Crippen LogP contribution in [0, 0.1) is 28.2 Å². The topological polar surface area (TPSA) is 6.48 Å².